The molecule has 0 aliphatic heterocycles. The van der Waals surface area contributed by atoms with Crippen molar-refractivity contribution < 1.29 is 14.7 Å². The molecule has 1 atom stereocenters. The van der Waals surface area contributed by atoms with Gasteiger partial charge in [-0.3, -0.25) is 9.59 Å². The molecule has 1 unspecified atom stereocenters. The highest BCUT2D eigenvalue weighted by Crippen LogP contribution is 2.26. The van der Waals surface area contributed by atoms with E-state index in [2.05, 4.69) is 0 Å². The number of aliphatic carboxylic acids is 1. The van der Waals surface area contributed by atoms with Crippen molar-refractivity contribution in [1.82, 2.24) is 0 Å². The SMILES string of the molecule is CN(C)c1ccc(C(=O)CCC(N)C(=O)O)c(N(C)C)c1. The van der Waals surface area contributed by atoms with Crippen LogP contribution >= 0.6 is 0 Å². The molecule has 6 nitrogen and oxygen atoms in total. The maximum Gasteiger partial charge on any atom is 0.320 e. The number of hydrogen-bond donors (Lipinski definition) is 2. The fourth-order valence-corrected chi connectivity index (χ4v) is 1.95. The normalized spacial score (nSPS) is 11.9. The monoisotopic (exact) mass is 293 g/mol. The summed E-state index contributed by atoms with van der Waals surface area (Å²) in [6.07, 6.45) is 0.256. The van der Waals surface area contributed by atoms with E-state index in [9.17, 15) is 9.59 Å². The molecule has 1 rings (SSSR count). The summed E-state index contributed by atoms with van der Waals surface area (Å²) in [4.78, 5) is 26.8. The Balaban J connectivity index is 2.95. The van der Waals surface area contributed by atoms with Gasteiger partial charge in [0.1, 0.15) is 6.04 Å². The van der Waals surface area contributed by atoms with E-state index in [-0.39, 0.29) is 18.6 Å². The van der Waals surface area contributed by atoms with Gasteiger partial charge >= 0.3 is 5.97 Å². The molecule has 3 N–H and O–H groups in total. The lowest BCUT2D eigenvalue weighted by molar-refractivity contribution is -0.138. The van der Waals surface area contributed by atoms with Gasteiger partial charge in [-0.25, -0.2) is 0 Å². The maximum atomic E-state index is 12.3. The number of carboxylic acids is 1. The zero-order chi connectivity index (χ0) is 16.2. The quantitative estimate of drug-likeness (QED) is 0.734. The van der Waals surface area contributed by atoms with Crippen LogP contribution in [0.2, 0.25) is 0 Å². The van der Waals surface area contributed by atoms with Crippen molar-refractivity contribution in [2.75, 3.05) is 38.0 Å². The second kappa shape index (κ2) is 7.08. The van der Waals surface area contributed by atoms with Gasteiger partial charge in [-0.05, 0) is 24.6 Å². The Bertz CT molecular complexity index is 527. The van der Waals surface area contributed by atoms with E-state index in [1.54, 1.807) is 6.07 Å². The Morgan fingerprint density at radius 1 is 1.19 bits per heavy atom. The predicted octanol–water partition coefficient (Wildman–Crippen LogP) is 1.19. The first-order chi connectivity index (χ1) is 9.73. The van der Waals surface area contributed by atoms with Gasteiger partial charge in [-0.1, -0.05) is 0 Å². The number of carbonyl (C=O) groups is 2. The minimum atomic E-state index is -1.08. The minimum absolute atomic E-state index is 0.0966. The van der Waals surface area contributed by atoms with Crippen LogP contribution in [0, 0.1) is 0 Å². The van der Waals surface area contributed by atoms with Crippen molar-refractivity contribution in [1.29, 1.82) is 0 Å². The minimum Gasteiger partial charge on any atom is -0.480 e. The first kappa shape index (κ1) is 17.0. The molecule has 0 aliphatic carbocycles. The summed E-state index contributed by atoms with van der Waals surface area (Å²) < 4.78 is 0. The zero-order valence-electron chi connectivity index (χ0n) is 13.0. The van der Waals surface area contributed by atoms with Gasteiger partial charge in [0.2, 0.25) is 0 Å². The van der Waals surface area contributed by atoms with Crippen molar-refractivity contribution in [2.24, 2.45) is 5.73 Å². The molecule has 0 amide bonds. The number of benzene rings is 1. The molecule has 0 aromatic heterocycles. The second-order valence-electron chi connectivity index (χ2n) is 5.40. The smallest absolute Gasteiger partial charge is 0.320 e. The summed E-state index contributed by atoms with van der Waals surface area (Å²) in [5, 5.41) is 8.76. The summed E-state index contributed by atoms with van der Waals surface area (Å²) in [6, 6.07) is 4.58. The van der Waals surface area contributed by atoms with Crippen LogP contribution in [0.4, 0.5) is 11.4 Å². The highest BCUT2D eigenvalue weighted by molar-refractivity contribution is 6.02. The molecular formula is C15H23N3O3. The van der Waals surface area contributed by atoms with Gasteiger partial charge < -0.3 is 20.6 Å². The molecule has 21 heavy (non-hydrogen) atoms. The Labute approximate surface area is 125 Å². The van der Waals surface area contributed by atoms with Crippen LogP contribution in [0.1, 0.15) is 23.2 Å². The molecule has 0 fully saturated rings. The Morgan fingerprint density at radius 2 is 1.81 bits per heavy atom. The molecular weight excluding hydrogens is 270 g/mol. The number of nitrogens with two attached hydrogens (primary N) is 1. The largest absolute Gasteiger partial charge is 0.480 e. The van der Waals surface area contributed by atoms with E-state index in [0.29, 0.717) is 5.56 Å². The van der Waals surface area contributed by atoms with Crippen LogP contribution in [0.15, 0.2) is 18.2 Å². The van der Waals surface area contributed by atoms with Crippen LogP contribution in [0.5, 0.6) is 0 Å². The number of carbonyl (C=O) groups excluding carboxylic acids is 1. The number of rotatable bonds is 7. The van der Waals surface area contributed by atoms with Gasteiger partial charge in [-0.15, -0.1) is 0 Å². The number of ketones is 1. The molecule has 0 spiro atoms. The summed E-state index contributed by atoms with van der Waals surface area (Å²) in [7, 11) is 7.60. The lowest BCUT2D eigenvalue weighted by atomic mass is 10.0. The van der Waals surface area contributed by atoms with E-state index >= 15 is 0 Å². The van der Waals surface area contributed by atoms with Gasteiger partial charge in [0.25, 0.3) is 0 Å². The number of carboxylic acid groups (broad SMARTS) is 1. The highest BCUT2D eigenvalue weighted by Gasteiger charge is 2.18. The van der Waals surface area contributed by atoms with Crippen molar-refractivity contribution in [2.45, 2.75) is 18.9 Å². The Hall–Kier alpha value is -2.08. The number of hydrogen-bond acceptors (Lipinski definition) is 5. The molecule has 0 aliphatic rings. The zero-order valence-corrected chi connectivity index (χ0v) is 13.0. The molecule has 0 bridgehead atoms. The Kier molecular flexibility index (Phi) is 5.72. The average Bonchev–Trinajstić information content (AvgIpc) is 2.43. The topological polar surface area (TPSA) is 86.9 Å². The molecule has 1 aromatic carbocycles. The van der Waals surface area contributed by atoms with Gasteiger partial charge in [0, 0.05) is 51.5 Å². The molecule has 0 heterocycles. The van der Waals surface area contributed by atoms with E-state index in [4.69, 9.17) is 10.8 Å². The third-order valence-electron chi connectivity index (χ3n) is 3.28. The summed E-state index contributed by atoms with van der Waals surface area (Å²) in [5.74, 6) is -1.18. The van der Waals surface area contributed by atoms with Crippen molar-refractivity contribution in [3.05, 3.63) is 23.8 Å². The fraction of sp³-hybridized carbons (Fsp3) is 0.467. The third kappa shape index (κ3) is 4.46. The first-order valence-corrected chi connectivity index (χ1v) is 6.74. The lowest BCUT2D eigenvalue weighted by Gasteiger charge is -2.21. The van der Waals surface area contributed by atoms with Crippen molar-refractivity contribution in [3.8, 4) is 0 Å². The number of nitrogens with zero attached hydrogens (tertiary/aromatic N) is 2. The van der Waals surface area contributed by atoms with Crippen LogP contribution < -0.4 is 15.5 Å². The maximum absolute atomic E-state index is 12.3. The summed E-state index contributed by atoms with van der Waals surface area (Å²) in [5.41, 5.74) is 7.83. The van der Waals surface area contributed by atoms with E-state index in [1.807, 2.05) is 50.1 Å². The Morgan fingerprint density at radius 3 is 2.29 bits per heavy atom. The first-order valence-electron chi connectivity index (χ1n) is 6.74. The lowest BCUT2D eigenvalue weighted by Crippen LogP contribution is -2.30. The molecule has 0 radical (unpaired) electrons. The molecule has 116 valence electrons. The number of anilines is 2. The highest BCUT2D eigenvalue weighted by atomic mass is 16.4. The third-order valence-corrected chi connectivity index (χ3v) is 3.28. The molecule has 0 saturated carbocycles. The van der Waals surface area contributed by atoms with Crippen LogP contribution in [-0.2, 0) is 4.79 Å². The van der Waals surface area contributed by atoms with Gasteiger partial charge in [0.05, 0.1) is 0 Å². The summed E-state index contributed by atoms with van der Waals surface area (Å²) >= 11 is 0. The predicted molar refractivity (Wildman–Crippen MR) is 84.3 cm³/mol. The summed E-state index contributed by atoms with van der Waals surface area (Å²) in [6.45, 7) is 0. The van der Waals surface area contributed by atoms with Crippen LogP contribution in [0.25, 0.3) is 0 Å². The fourth-order valence-electron chi connectivity index (χ4n) is 1.95. The van der Waals surface area contributed by atoms with Gasteiger partial charge in [-0.2, -0.15) is 0 Å². The molecule has 6 heteroatoms. The van der Waals surface area contributed by atoms with Crippen molar-refractivity contribution in [3.63, 3.8) is 0 Å². The van der Waals surface area contributed by atoms with Crippen LogP contribution in [0.3, 0.4) is 0 Å². The molecule has 0 saturated heterocycles. The van der Waals surface area contributed by atoms with E-state index < -0.39 is 12.0 Å². The molecule has 1 aromatic rings. The van der Waals surface area contributed by atoms with Gasteiger partial charge in [0.15, 0.2) is 5.78 Å². The average molecular weight is 293 g/mol. The van der Waals surface area contributed by atoms with E-state index in [0.717, 1.165) is 11.4 Å². The van der Waals surface area contributed by atoms with Crippen LogP contribution in [-0.4, -0.2) is 51.1 Å². The second-order valence-corrected chi connectivity index (χ2v) is 5.40. The van der Waals surface area contributed by atoms with E-state index in [1.165, 1.54) is 0 Å². The number of Topliss-reactive ketones (excluding diaryl/α,β-unsaturated/α-hetero) is 1. The van der Waals surface area contributed by atoms with Crippen molar-refractivity contribution >= 4 is 23.1 Å². The standard InChI is InChI=1S/C15H23N3O3/c1-17(2)10-5-6-11(13(9-10)18(3)4)14(19)8-7-12(16)15(20)21/h5-6,9,12H,7-8,16H2,1-4H3,(H,20,21).